The van der Waals surface area contributed by atoms with Gasteiger partial charge in [-0.25, -0.2) is 0 Å². The highest BCUT2D eigenvalue weighted by Crippen LogP contribution is 2.21. The Bertz CT molecular complexity index is 161. The topological polar surface area (TPSA) is 56.5 Å². The summed E-state index contributed by atoms with van der Waals surface area (Å²) in [5, 5.41) is 0. The highest BCUT2D eigenvalue weighted by atomic mass is 16.5. The molecule has 0 spiro atoms. The Hall–Kier alpha value is -0.160. The van der Waals surface area contributed by atoms with Crippen molar-refractivity contribution in [1.29, 1.82) is 0 Å². The van der Waals surface area contributed by atoms with Crippen molar-refractivity contribution in [2.45, 2.75) is 45.1 Å². The maximum atomic E-state index is 5.58. The van der Waals surface area contributed by atoms with Crippen LogP contribution in [0.15, 0.2) is 0 Å². The first-order chi connectivity index (χ1) is 7.86. The standard InChI is InChI=1S/C12H26N2O2/c1-2-15-7-3-4-12(14-13)10-11-5-8-16-9-6-11/h11-12,14H,2-10,13H2,1H3. The van der Waals surface area contributed by atoms with Gasteiger partial charge in [0.1, 0.15) is 0 Å². The van der Waals surface area contributed by atoms with Crippen molar-refractivity contribution in [1.82, 2.24) is 5.43 Å². The second-order valence-corrected chi connectivity index (χ2v) is 4.49. The van der Waals surface area contributed by atoms with E-state index < -0.39 is 0 Å². The minimum Gasteiger partial charge on any atom is -0.382 e. The molecule has 0 aromatic carbocycles. The molecule has 1 rings (SSSR count). The normalized spacial score (nSPS) is 19.9. The Morgan fingerprint density at radius 2 is 2.19 bits per heavy atom. The van der Waals surface area contributed by atoms with Crippen LogP contribution in [0.5, 0.6) is 0 Å². The molecule has 0 saturated carbocycles. The van der Waals surface area contributed by atoms with E-state index in [1.807, 2.05) is 6.92 Å². The molecule has 0 aromatic rings. The summed E-state index contributed by atoms with van der Waals surface area (Å²) in [6.45, 7) is 5.52. The van der Waals surface area contributed by atoms with Gasteiger partial charge in [-0.3, -0.25) is 11.3 Å². The van der Waals surface area contributed by atoms with Gasteiger partial charge in [-0.2, -0.15) is 0 Å². The van der Waals surface area contributed by atoms with Gasteiger partial charge in [0.25, 0.3) is 0 Å². The van der Waals surface area contributed by atoms with Gasteiger partial charge in [-0.15, -0.1) is 0 Å². The average molecular weight is 230 g/mol. The Balaban J connectivity index is 2.09. The Kier molecular flexibility index (Phi) is 7.76. The summed E-state index contributed by atoms with van der Waals surface area (Å²) in [6, 6.07) is 0.434. The van der Waals surface area contributed by atoms with E-state index in [0.29, 0.717) is 6.04 Å². The Morgan fingerprint density at radius 1 is 1.44 bits per heavy atom. The molecule has 96 valence electrons. The van der Waals surface area contributed by atoms with Crippen LogP contribution in [0.25, 0.3) is 0 Å². The van der Waals surface area contributed by atoms with Crippen molar-refractivity contribution >= 4 is 0 Å². The maximum absolute atomic E-state index is 5.58. The molecule has 1 saturated heterocycles. The average Bonchev–Trinajstić information content (AvgIpc) is 2.34. The fourth-order valence-corrected chi connectivity index (χ4v) is 2.23. The number of hydrogen-bond donors (Lipinski definition) is 2. The van der Waals surface area contributed by atoms with Crippen LogP contribution in [0.1, 0.15) is 39.0 Å². The van der Waals surface area contributed by atoms with Crippen LogP contribution < -0.4 is 11.3 Å². The Labute approximate surface area is 98.8 Å². The maximum Gasteiger partial charge on any atom is 0.0468 e. The molecule has 3 N–H and O–H groups in total. The number of hydrazine groups is 1. The monoisotopic (exact) mass is 230 g/mol. The van der Waals surface area contributed by atoms with Gasteiger partial charge < -0.3 is 9.47 Å². The van der Waals surface area contributed by atoms with E-state index in [1.54, 1.807) is 0 Å². The first-order valence-electron chi connectivity index (χ1n) is 6.48. The zero-order valence-corrected chi connectivity index (χ0v) is 10.4. The van der Waals surface area contributed by atoms with E-state index >= 15 is 0 Å². The summed E-state index contributed by atoms with van der Waals surface area (Å²) in [5.41, 5.74) is 2.93. The quantitative estimate of drug-likeness (QED) is 0.376. The first-order valence-corrected chi connectivity index (χ1v) is 6.48. The largest absolute Gasteiger partial charge is 0.382 e. The molecule has 1 atom stereocenters. The number of ether oxygens (including phenoxy) is 2. The molecule has 4 nitrogen and oxygen atoms in total. The van der Waals surface area contributed by atoms with Crippen LogP contribution in [0, 0.1) is 5.92 Å². The summed E-state index contributed by atoms with van der Waals surface area (Å²) in [5.74, 6) is 6.36. The molecule has 1 unspecified atom stereocenters. The van der Waals surface area contributed by atoms with E-state index in [0.717, 1.165) is 45.2 Å². The molecule has 0 amide bonds. The highest BCUT2D eigenvalue weighted by Gasteiger charge is 2.18. The lowest BCUT2D eigenvalue weighted by atomic mass is 9.91. The van der Waals surface area contributed by atoms with E-state index in [1.165, 1.54) is 19.3 Å². The molecule has 1 aliphatic rings. The van der Waals surface area contributed by atoms with Crippen LogP contribution in [-0.4, -0.2) is 32.5 Å². The zero-order valence-electron chi connectivity index (χ0n) is 10.4. The molecule has 16 heavy (non-hydrogen) atoms. The second-order valence-electron chi connectivity index (χ2n) is 4.49. The summed E-state index contributed by atoms with van der Waals surface area (Å²) < 4.78 is 10.7. The molecule has 0 radical (unpaired) electrons. The molecule has 1 heterocycles. The number of rotatable bonds is 8. The lowest BCUT2D eigenvalue weighted by Crippen LogP contribution is -2.37. The minimum absolute atomic E-state index is 0.434. The van der Waals surface area contributed by atoms with Crippen molar-refractivity contribution in [3.05, 3.63) is 0 Å². The molecule has 0 bridgehead atoms. The first kappa shape index (κ1) is 13.9. The second kappa shape index (κ2) is 8.93. The summed E-state index contributed by atoms with van der Waals surface area (Å²) in [4.78, 5) is 0. The third-order valence-corrected chi connectivity index (χ3v) is 3.24. The molecular weight excluding hydrogens is 204 g/mol. The third-order valence-electron chi connectivity index (χ3n) is 3.24. The van der Waals surface area contributed by atoms with Gasteiger partial charge in [0, 0.05) is 32.5 Å². The number of nitrogens with two attached hydrogens (primary N) is 1. The van der Waals surface area contributed by atoms with Crippen LogP contribution in [0.3, 0.4) is 0 Å². The van der Waals surface area contributed by atoms with Crippen LogP contribution in [0.2, 0.25) is 0 Å². The van der Waals surface area contributed by atoms with Crippen molar-refractivity contribution in [3.63, 3.8) is 0 Å². The SMILES string of the molecule is CCOCCCC(CC1CCOCC1)NN. The fraction of sp³-hybridized carbons (Fsp3) is 1.00. The lowest BCUT2D eigenvalue weighted by Gasteiger charge is -2.26. The molecule has 1 fully saturated rings. The Morgan fingerprint density at radius 3 is 2.81 bits per heavy atom. The minimum atomic E-state index is 0.434. The molecule has 0 aliphatic carbocycles. The van der Waals surface area contributed by atoms with Crippen molar-refractivity contribution < 1.29 is 9.47 Å². The third kappa shape index (κ3) is 5.80. The van der Waals surface area contributed by atoms with E-state index in [-0.39, 0.29) is 0 Å². The van der Waals surface area contributed by atoms with Gasteiger partial charge in [-0.1, -0.05) is 0 Å². The van der Waals surface area contributed by atoms with Crippen molar-refractivity contribution in [3.8, 4) is 0 Å². The van der Waals surface area contributed by atoms with Crippen LogP contribution in [-0.2, 0) is 9.47 Å². The number of hydrogen-bond acceptors (Lipinski definition) is 4. The highest BCUT2D eigenvalue weighted by molar-refractivity contribution is 4.72. The fourth-order valence-electron chi connectivity index (χ4n) is 2.23. The lowest BCUT2D eigenvalue weighted by molar-refractivity contribution is 0.0595. The van der Waals surface area contributed by atoms with Crippen molar-refractivity contribution in [2.24, 2.45) is 11.8 Å². The predicted octanol–water partition coefficient (Wildman–Crippen LogP) is 1.45. The molecular formula is C12H26N2O2. The molecule has 0 aromatic heterocycles. The van der Waals surface area contributed by atoms with Gasteiger partial charge in [0.05, 0.1) is 0 Å². The smallest absolute Gasteiger partial charge is 0.0468 e. The number of nitrogens with one attached hydrogen (secondary N) is 1. The van der Waals surface area contributed by atoms with Crippen LogP contribution >= 0.6 is 0 Å². The van der Waals surface area contributed by atoms with Gasteiger partial charge in [0.15, 0.2) is 0 Å². The summed E-state index contributed by atoms with van der Waals surface area (Å²) in [6.07, 6.45) is 5.74. The molecule has 4 heteroatoms. The van der Waals surface area contributed by atoms with Crippen LogP contribution in [0.4, 0.5) is 0 Å². The van der Waals surface area contributed by atoms with Gasteiger partial charge in [-0.05, 0) is 44.9 Å². The summed E-state index contributed by atoms with van der Waals surface area (Å²) in [7, 11) is 0. The van der Waals surface area contributed by atoms with E-state index in [4.69, 9.17) is 15.3 Å². The van der Waals surface area contributed by atoms with Gasteiger partial charge >= 0.3 is 0 Å². The summed E-state index contributed by atoms with van der Waals surface area (Å²) >= 11 is 0. The van der Waals surface area contributed by atoms with Crippen molar-refractivity contribution in [2.75, 3.05) is 26.4 Å². The van der Waals surface area contributed by atoms with Gasteiger partial charge in [0.2, 0.25) is 0 Å². The zero-order chi connectivity index (χ0) is 11.6. The molecule has 1 aliphatic heterocycles. The predicted molar refractivity (Wildman–Crippen MR) is 65.0 cm³/mol. The van der Waals surface area contributed by atoms with E-state index in [9.17, 15) is 0 Å². The van der Waals surface area contributed by atoms with E-state index in [2.05, 4.69) is 5.43 Å².